The summed E-state index contributed by atoms with van der Waals surface area (Å²) >= 11 is 0. The minimum Gasteiger partial charge on any atom is -0.508 e. The van der Waals surface area contributed by atoms with Gasteiger partial charge in [-0.15, -0.1) is 0 Å². The van der Waals surface area contributed by atoms with E-state index in [0.717, 1.165) is 38.1 Å². The quantitative estimate of drug-likeness (QED) is 0.674. The van der Waals surface area contributed by atoms with Crippen molar-refractivity contribution in [3.63, 3.8) is 0 Å². The first-order valence-corrected chi connectivity index (χ1v) is 10.4. The smallest absolute Gasteiger partial charge is 0.416 e. The summed E-state index contributed by atoms with van der Waals surface area (Å²) in [4.78, 5) is 14.8. The maximum atomic E-state index is 13.3. The van der Waals surface area contributed by atoms with Crippen molar-refractivity contribution in [1.82, 2.24) is 0 Å². The summed E-state index contributed by atoms with van der Waals surface area (Å²) in [6.07, 6.45) is 1.37. The Morgan fingerprint density at radius 2 is 1.70 bits per heavy atom. The second kappa shape index (κ2) is 8.20. The number of nitrogens with zero attached hydrogens (tertiary/aromatic N) is 1. The molecule has 1 saturated carbocycles. The third-order valence-electron chi connectivity index (χ3n) is 6.33. The molecule has 2 atom stereocenters. The minimum absolute atomic E-state index is 0.0154. The molecule has 1 unspecified atom stereocenters. The van der Waals surface area contributed by atoms with E-state index in [-0.39, 0.29) is 17.0 Å². The molecular weight excluding hydrogens is 393 g/mol. The van der Waals surface area contributed by atoms with Gasteiger partial charge in [-0.2, -0.15) is 13.2 Å². The van der Waals surface area contributed by atoms with Crippen molar-refractivity contribution >= 4 is 17.3 Å². The number of amides is 1. The fraction of sp³-hybridized carbons (Fsp3) is 0.435. The number of benzene rings is 2. The molecule has 4 rings (SSSR count). The van der Waals surface area contributed by atoms with Gasteiger partial charge in [0.25, 0.3) is 5.91 Å². The Kier molecular flexibility index (Phi) is 5.62. The zero-order valence-electron chi connectivity index (χ0n) is 16.6. The van der Waals surface area contributed by atoms with Gasteiger partial charge >= 0.3 is 6.18 Å². The number of alkyl halides is 3. The standard InChI is InChI=1S/C23H25F3N2O2/c24-23(25,26)18-7-10-21(28-12-11-15-3-1-2-4-17(15)14-28)20(13-18)27-22(30)16-5-8-19(29)9-6-16/h5-10,13,15,17,29H,1-4,11-12,14H2,(H,27,30)/t15-,17?/m1/s1. The van der Waals surface area contributed by atoms with Crippen molar-refractivity contribution in [2.45, 2.75) is 38.3 Å². The molecule has 2 aromatic carbocycles. The van der Waals surface area contributed by atoms with Crippen LogP contribution in [0.2, 0.25) is 0 Å². The van der Waals surface area contributed by atoms with Gasteiger partial charge in [-0.3, -0.25) is 4.79 Å². The molecule has 1 aliphatic carbocycles. The van der Waals surface area contributed by atoms with E-state index in [1.54, 1.807) is 0 Å². The third kappa shape index (κ3) is 4.40. The number of anilines is 2. The molecule has 1 amide bonds. The van der Waals surface area contributed by atoms with Crippen LogP contribution in [0.5, 0.6) is 5.75 Å². The van der Waals surface area contributed by atoms with Crippen molar-refractivity contribution in [3.05, 3.63) is 53.6 Å². The first kappa shape index (κ1) is 20.6. The highest BCUT2D eigenvalue weighted by atomic mass is 19.4. The van der Waals surface area contributed by atoms with E-state index in [2.05, 4.69) is 10.2 Å². The molecule has 30 heavy (non-hydrogen) atoms. The van der Waals surface area contributed by atoms with Crippen molar-refractivity contribution in [2.24, 2.45) is 11.8 Å². The average Bonchev–Trinajstić information content (AvgIpc) is 2.73. The number of hydrogen-bond donors (Lipinski definition) is 2. The van der Waals surface area contributed by atoms with Crippen LogP contribution in [0.1, 0.15) is 48.0 Å². The number of fused-ring (bicyclic) bond motifs is 1. The zero-order valence-corrected chi connectivity index (χ0v) is 16.6. The number of aromatic hydroxyl groups is 1. The summed E-state index contributed by atoms with van der Waals surface area (Å²) < 4.78 is 39.9. The number of halogens is 3. The van der Waals surface area contributed by atoms with Gasteiger partial charge in [-0.05, 0) is 67.1 Å². The normalized spacial score (nSPS) is 21.8. The lowest BCUT2D eigenvalue weighted by atomic mass is 9.75. The van der Waals surface area contributed by atoms with Crippen LogP contribution in [0, 0.1) is 11.8 Å². The lowest BCUT2D eigenvalue weighted by molar-refractivity contribution is -0.137. The molecule has 2 aromatic rings. The molecule has 0 spiro atoms. The number of carbonyl (C=O) groups excluding carboxylic acids is 1. The molecule has 2 fully saturated rings. The molecule has 0 bridgehead atoms. The van der Waals surface area contributed by atoms with Gasteiger partial charge in [-0.1, -0.05) is 19.3 Å². The summed E-state index contributed by atoms with van der Waals surface area (Å²) in [6, 6.07) is 9.18. The number of nitrogens with one attached hydrogen (secondary N) is 1. The number of piperidine rings is 1. The van der Waals surface area contributed by atoms with E-state index in [1.807, 2.05) is 0 Å². The number of phenols is 1. The Labute approximate surface area is 173 Å². The fourth-order valence-corrected chi connectivity index (χ4v) is 4.72. The van der Waals surface area contributed by atoms with Crippen LogP contribution < -0.4 is 10.2 Å². The Bertz CT molecular complexity index is 912. The van der Waals surface area contributed by atoms with Gasteiger partial charge in [0.1, 0.15) is 5.75 Å². The fourth-order valence-electron chi connectivity index (χ4n) is 4.72. The van der Waals surface area contributed by atoms with Crippen molar-refractivity contribution in [1.29, 1.82) is 0 Å². The van der Waals surface area contributed by atoms with E-state index in [9.17, 15) is 23.1 Å². The summed E-state index contributed by atoms with van der Waals surface area (Å²) in [5.74, 6) is 0.750. The summed E-state index contributed by atoms with van der Waals surface area (Å²) in [7, 11) is 0. The Hall–Kier alpha value is -2.70. The van der Waals surface area contributed by atoms with Crippen LogP contribution in [-0.4, -0.2) is 24.1 Å². The minimum atomic E-state index is -4.49. The van der Waals surface area contributed by atoms with E-state index < -0.39 is 17.6 Å². The summed E-state index contributed by atoms with van der Waals surface area (Å²) in [5, 5.41) is 12.1. The van der Waals surface area contributed by atoms with Crippen LogP contribution in [0.15, 0.2) is 42.5 Å². The summed E-state index contributed by atoms with van der Waals surface area (Å²) in [6.45, 7) is 1.58. The molecule has 1 heterocycles. The first-order chi connectivity index (χ1) is 14.3. The monoisotopic (exact) mass is 418 g/mol. The van der Waals surface area contributed by atoms with Gasteiger partial charge in [0.2, 0.25) is 0 Å². The highest BCUT2D eigenvalue weighted by molar-refractivity contribution is 6.06. The average molecular weight is 418 g/mol. The van der Waals surface area contributed by atoms with E-state index in [1.165, 1.54) is 49.6 Å². The molecule has 160 valence electrons. The lowest BCUT2D eigenvalue weighted by Gasteiger charge is -2.42. The maximum Gasteiger partial charge on any atom is 0.416 e. The first-order valence-electron chi connectivity index (χ1n) is 10.4. The Balaban J connectivity index is 1.62. The highest BCUT2D eigenvalue weighted by Crippen LogP contribution is 2.41. The Morgan fingerprint density at radius 3 is 2.40 bits per heavy atom. The molecule has 1 saturated heterocycles. The molecule has 0 radical (unpaired) electrons. The number of rotatable bonds is 3. The van der Waals surface area contributed by atoms with E-state index in [0.29, 0.717) is 17.5 Å². The number of carbonyl (C=O) groups is 1. The molecule has 7 heteroatoms. The van der Waals surface area contributed by atoms with Gasteiger partial charge in [0.05, 0.1) is 16.9 Å². The van der Waals surface area contributed by atoms with Gasteiger partial charge < -0.3 is 15.3 Å². The Morgan fingerprint density at radius 1 is 1.00 bits per heavy atom. The van der Waals surface area contributed by atoms with Crippen LogP contribution in [0.25, 0.3) is 0 Å². The second-order valence-corrected chi connectivity index (χ2v) is 8.27. The highest BCUT2D eigenvalue weighted by Gasteiger charge is 2.34. The zero-order chi connectivity index (χ0) is 21.3. The number of phenolic OH excluding ortho intramolecular Hbond substituents is 1. The van der Waals surface area contributed by atoms with E-state index >= 15 is 0 Å². The van der Waals surface area contributed by atoms with Crippen LogP contribution in [0.4, 0.5) is 24.5 Å². The summed E-state index contributed by atoms with van der Waals surface area (Å²) in [5.41, 5.74) is 0.262. The maximum absolute atomic E-state index is 13.3. The largest absolute Gasteiger partial charge is 0.508 e. The molecule has 4 nitrogen and oxygen atoms in total. The molecule has 0 aromatic heterocycles. The molecule has 2 N–H and O–H groups in total. The van der Waals surface area contributed by atoms with Gasteiger partial charge in [-0.25, -0.2) is 0 Å². The van der Waals surface area contributed by atoms with Gasteiger partial charge in [0.15, 0.2) is 0 Å². The van der Waals surface area contributed by atoms with Crippen LogP contribution in [-0.2, 0) is 6.18 Å². The predicted octanol–water partition coefficient (Wildman–Crippen LogP) is 5.68. The van der Waals surface area contributed by atoms with Crippen LogP contribution >= 0.6 is 0 Å². The molecule has 2 aliphatic rings. The molecular formula is C23H25F3N2O2. The third-order valence-corrected chi connectivity index (χ3v) is 6.33. The molecule has 1 aliphatic heterocycles. The SMILES string of the molecule is O=C(Nc1cc(C(F)(F)F)ccc1N1CC[C@H]2CCCCC2C1)c1ccc(O)cc1. The topological polar surface area (TPSA) is 52.6 Å². The van der Waals surface area contributed by atoms with Crippen LogP contribution in [0.3, 0.4) is 0 Å². The predicted molar refractivity (Wildman–Crippen MR) is 110 cm³/mol. The van der Waals surface area contributed by atoms with Crippen molar-refractivity contribution in [2.75, 3.05) is 23.3 Å². The van der Waals surface area contributed by atoms with Crippen molar-refractivity contribution < 1.29 is 23.1 Å². The van der Waals surface area contributed by atoms with Crippen molar-refractivity contribution in [3.8, 4) is 5.75 Å². The van der Waals surface area contributed by atoms with E-state index in [4.69, 9.17) is 0 Å². The second-order valence-electron chi connectivity index (χ2n) is 8.27. The van der Waals surface area contributed by atoms with Gasteiger partial charge in [0, 0.05) is 18.7 Å². The number of hydrogen-bond acceptors (Lipinski definition) is 3. The lowest BCUT2D eigenvalue weighted by Crippen LogP contribution is -2.42.